The lowest BCUT2D eigenvalue weighted by molar-refractivity contribution is -0.132. The maximum atomic E-state index is 12.5. The van der Waals surface area contributed by atoms with Crippen molar-refractivity contribution in [1.82, 2.24) is 10.2 Å². The molecule has 5 heteroatoms. The molecule has 21 heavy (non-hydrogen) atoms. The molecule has 1 aliphatic heterocycles. The first-order chi connectivity index (χ1) is 10.0. The van der Waals surface area contributed by atoms with Crippen LogP contribution in [0.2, 0.25) is 0 Å². The minimum absolute atomic E-state index is 0.0639. The number of carbonyl (C=O) groups is 2. The van der Waals surface area contributed by atoms with Crippen LogP contribution in [0.25, 0.3) is 0 Å². The van der Waals surface area contributed by atoms with Gasteiger partial charge in [0.15, 0.2) is 0 Å². The molecule has 1 aromatic carbocycles. The highest BCUT2D eigenvalue weighted by atomic mass is 16.2. The Morgan fingerprint density at radius 3 is 2.62 bits per heavy atom. The van der Waals surface area contributed by atoms with Crippen molar-refractivity contribution >= 4 is 11.8 Å². The smallest absolute Gasteiger partial charge is 0.244 e. The molecule has 1 heterocycles. The van der Waals surface area contributed by atoms with Crippen LogP contribution in [-0.4, -0.2) is 36.9 Å². The van der Waals surface area contributed by atoms with Crippen LogP contribution >= 0.6 is 0 Å². The van der Waals surface area contributed by atoms with Gasteiger partial charge in [-0.25, -0.2) is 0 Å². The molecular weight excluding hydrogens is 266 g/mol. The van der Waals surface area contributed by atoms with Crippen molar-refractivity contribution in [3.05, 3.63) is 35.9 Å². The molecule has 0 aromatic heterocycles. The first-order valence-corrected chi connectivity index (χ1v) is 6.97. The van der Waals surface area contributed by atoms with Gasteiger partial charge in [-0.15, -0.1) is 0 Å². The number of rotatable bonds is 3. The second-order valence-electron chi connectivity index (χ2n) is 5.62. The lowest BCUT2D eigenvalue weighted by Gasteiger charge is -2.24. The average molecular weight is 285 g/mol. The van der Waals surface area contributed by atoms with E-state index in [2.05, 4.69) is 11.4 Å². The van der Waals surface area contributed by atoms with Crippen molar-refractivity contribution in [3.63, 3.8) is 0 Å². The lowest BCUT2D eigenvalue weighted by Crippen LogP contribution is -2.41. The van der Waals surface area contributed by atoms with Crippen molar-refractivity contribution in [2.45, 2.75) is 19.3 Å². The molecule has 0 bridgehead atoms. The third kappa shape index (κ3) is 2.89. The van der Waals surface area contributed by atoms with E-state index >= 15 is 0 Å². The number of nitrogens with zero attached hydrogens (tertiary/aromatic N) is 2. The van der Waals surface area contributed by atoms with E-state index in [1.165, 1.54) is 0 Å². The molecule has 0 radical (unpaired) electrons. The number of nitrogens with one attached hydrogen (secondary N) is 1. The van der Waals surface area contributed by atoms with E-state index in [9.17, 15) is 14.9 Å². The van der Waals surface area contributed by atoms with Gasteiger partial charge in [0.05, 0.1) is 11.5 Å². The summed E-state index contributed by atoms with van der Waals surface area (Å²) in [5.74, 6) is -1.10. The predicted molar refractivity (Wildman–Crippen MR) is 78.2 cm³/mol. The second kappa shape index (κ2) is 5.96. The summed E-state index contributed by atoms with van der Waals surface area (Å²) >= 11 is 0. The highest BCUT2D eigenvalue weighted by Gasteiger charge is 2.43. The van der Waals surface area contributed by atoms with Gasteiger partial charge in [-0.2, -0.15) is 5.26 Å². The summed E-state index contributed by atoms with van der Waals surface area (Å²) in [5.41, 5.74) is 0.125. The van der Waals surface area contributed by atoms with Crippen LogP contribution in [0.5, 0.6) is 0 Å². The summed E-state index contributed by atoms with van der Waals surface area (Å²) in [4.78, 5) is 26.1. The Balaban J connectivity index is 2.14. The number of amides is 2. The van der Waals surface area contributed by atoms with E-state index in [1.807, 2.05) is 25.1 Å². The lowest BCUT2D eigenvalue weighted by atomic mass is 9.89. The van der Waals surface area contributed by atoms with Crippen molar-refractivity contribution in [2.24, 2.45) is 5.41 Å². The first-order valence-electron chi connectivity index (χ1n) is 6.97. The van der Waals surface area contributed by atoms with Crippen LogP contribution in [-0.2, 0) is 9.59 Å². The molecule has 1 aromatic rings. The number of likely N-dealkylation sites (tertiary alicyclic amines) is 1. The van der Waals surface area contributed by atoms with E-state index in [-0.39, 0.29) is 11.8 Å². The number of carbonyl (C=O) groups excluding carboxylic acids is 2. The summed E-state index contributed by atoms with van der Waals surface area (Å²) in [6.45, 7) is 2.72. The van der Waals surface area contributed by atoms with E-state index in [1.54, 1.807) is 24.1 Å². The molecule has 1 N–H and O–H groups in total. The molecule has 1 fully saturated rings. The second-order valence-corrected chi connectivity index (χ2v) is 5.62. The van der Waals surface area contributed by atoms with E-state index in [4.69, 9.17) is 0 Å². The van der Waals surface area contributed by atoms with Crippen molar-refractivity contribution in [1.29, 1.82) is 5.26 Å². The number of hydrogen-bond acceptors (Lipinski definition) is 3. The third-order valence-electron chi connectivity index (χ3n) is 4.07. The summed E-state index contributed by atoms with van der Waals surface area (Å²) in [5, 5.41) is 12.0. The molecule has 2 rings (SSSR count). The van der Waals surface area contributed by atoms with E-state index in [0.717, 1.165) is 0 Å². The molecule has 2 unspecified atom stereocenters. The van der Waals surface area contributed by atoms with E-state index < -0.39 is 11.3 Å². The van der Waals surface area contributed by atoms with Crippen LogP contribution < -0.4 is 5.32 Å². The zero-order valence-electron chi connectivity index (χ0n) is 12.3. The Hall–Kier alpha value is -2.35. The predicted octanol–water partition coefficient (Wildman–Crippen LogP) is 1.28. The molecule has 110 valence electrons. The Morgan fingerprint density at radius 1 is 1.38 bits per heavy atom. The number of nitriles is 1. The Kier molecular flexibility index (Phi) is 4.27. The number of benzene rings is 1. The fourth-order valence-corrected chi connectivity index (χ4v) is 2.74. The van der Waals surface area contributed by atoms with Crippen molar-refractivity contribution < 1.29 is 9.59 Å². The largest absolute Gasteiger partial charge is 0.359 e. The Bertz CT molecular complexity index is 579. The molecule has 0 aliphatic carbocycles. The van der Waals surface area contributed by atoms with Gasteiger partial charge in [0, 0.05) is 20.1 Å². The fraction of sp³-hybridized carbons (Fsp3) is 0.438. The van der Waals surface area contributed by atoms with Gasteiger partial charge in [0.2, 0.25) is 11.8 Å². The van der Waals surface area contributed by atoms with Gasteiger partial charge < -0.3 is 10.2 Å². The third-order valence-corrected chi connectivity index (χ3v) is 4.07. The normalized spacial score (nSPS) is 22.4. The maximum Gasteiger partial charge on any atom is 0.244 e. The van der Waals surface area contributed by atoms with Crippen LogP contribution in [0.4, 0.5) is 0 Å². The molecule has 2 atom stereocenters. The Labute approximate surface area is 124 Å². The van der Waals surface area contributed by atoms with Gasteiger partial charge in [-0.05, 0) is 18.9 Å². The zero-order chi connectivity index (χ0) is 15.5. The van der Waals surface area contributed by atoms with Crippen LogP contribution in [0, 0.1) is 16.7 Å². The molecule has 0 saturated carbocycles. The topological polar surface area (TPSA) is 73.2 Å². The summed E-state index contributed by atoms with van der Waals surface area (Å²) < 4.78 is 0. The minimum Gasteiger partial charge on any atom is -0.359 e. The molecule has 1 aliphatic rings. The van der Waals surface area contributed by atoms with Gasteiger partial charge >= 0.3 is 0 Å². The highest BCUT2D eigenvalue weighted by Crippen LogP contribution is 2.32. The summed E-state index contributed by atoms with van der Waals surface area (Å²) in [7, 11) is 1.60. The molecular formula is C16H19N3O2. The maximum absolute atomic E-state index is 12.5. The summed E-state index contributed by atoms with van der Waals surface area (Å²) in [6.07, 6.45) is 0.616. The molecule has 2 amide bonds. The zero-order valence-corrected chi connectivity index (χ0v) is 12.3. The SMILES string of the molecule is CNC(=O)C1(C)CCN(C(=O)C(C#N)c2ccccc2)C1. The average Bonchev–Trinajstić information content (AvgIpc) is 2.92. The standard InChI is InChI=1S/C16H19N3O2/c1-16(15(21)18-2)8-9-19(11-16)14(20)13(10-17)12-6-4-3-5-7-12/h3-7,13H,8-9,11H2,1-2H3,(H,18,21). The van der Waals surface area contributed by atoms with Gasteiger partial charge in [-0.3, -0.25) is 9.59 Å². The van der Waals surface area contributed by atoms with Gasteiger partial charge in [0.1, 0.15) is 5.92 Å². The monoisotopic (exact) mass is 285 g/mol. The van der Waals surface area contributed by atoms with Crippen LogP contribution in [0.1, 0.15) is 24.8 Å². The van der Waals surface area contributed by atoms with E-state index in [0.29, 0.717) is 25.1 Å². The molecule has 5 nitrogen and oxygen atoms in total. The number of hydrogen-bond donors (Lipinski definition) is 1. The molecule has 1 saturated heterocycles. The quantitative estimate of drug-likeness (QED) is 0.909. The minimum atomic E-state index is -0.807. The Morgan fingerprint density at radius 2 is 2.05 bits per heavy atom. The highest BCUT2D eigenvalue weighted by molar-refractivity contribution is 5.89. The van der Waals surface area contributed by atoms with Crippen LogP contribution in [0.3, 0.4) is 0 Å². The van der Waals surface area contributed by atoms with Gasteiger partial charge in [-0.1, -0.05) is 30.3 Å². The summed E-state index contributed by atoms with van der Waals surface area (Å²) in [6, 6.07) is 11.1. The van der Waals surface area contributed by atoms with Crippen molar-refractivity contribution in [3.8, 4) is 6.07 Å². The fourth-order valence-electron chi connectivity index (χ4n) is 2.74. The first kappa shape index (κ1) is 15.0. The van der Waals surface area contributed by atoms with Gasteiger partial charge in [0.25, 0.3) is 0 Å². The van der Waals surface area contributed by atoms with Crippen molar-refractivity contribution in [2.75, 3.05) is 20.1 Å². The van der Waals surface area contributed by atoms with Crippen LogP contribution in [0.15, 0.2) is 30.3 Å². The molecule has 0 spiro atoms.